The molecule has 0 atom stereocenters. The Morgan fingerprint density at radius 1 is 1.19 bits per heavy atom. The van der Waals surface area contributed by atoms with Crippen LogP contribution in [0.1, 0.15) is 45.7 Å². The number of benzene rings is 1. The standard InChI is InChI=1S/C16H18Cl2N2O/c1-4-16(5-2,9-10(3)21)14-12-8-11(17)6-7-13(12)19-15(18)20-14/h6-8H,4-5,9H2,1-3H3. The van der Waals surface area contributed by atoms with Crippen LogP contribution in [0.4, 0.5) is 0 Å². The fourth-order valence-corrected chi connectivity index (χ4v) is 3.22. The van der Waals surface area contributed by atoms with E-state index in [1.165, 1.54) is 0 Å². The molecule has 0 aliphatic rings. The number of carbonyl (C=O) groups is 1. The van der Waals surface area contributed by atoms with Crippen molar-refractivity contribution in [1.29, 1.82) is 0 Å². The van der Waals surface area contributed by atoms with Gasteiger partial charge in [0.25, 0.3) is 0 Å². The fraction of sp³-hybridized carbons (Fsp3) is 0.438. The first-order valence-corrected chi connectivity index (χ1v) is 7.80. The minimum Gasteiger partial charge on any atom is -0.300 e. The molecule has 0 N–H and O–H groups in total. The van der Waals surface area contributed by atoms with Gasteiger partial charge in [0.05, 0.1) is 11.2 Å². The average Bonchev–Trinajstić information content (AvgIpc) is 2.44. The van der Waals surface area contributed by atoms with Gasteiger partial charge < -0.3 is 0 Å². The zero-order valence-electron chi connectivity index (χ0n) is 12.4. The van der Waals surface area contributed by atoms with Crippen LogP contribution in [0, 0.1) is 0 Å². The number of halogens is 2. The first-order chi connectivity index (χ1) is 9.91. The van der Waals surface area contributed by atoms with Gasteiger partial charge in [-0.25, -0.2) is 9.97 Å². The Bertz CT molecular complexity index is 681. The molecular formula is C16H18Cl2N2O. The lowest BCUT2D eigenvalue weighted by molar-refractivity contribution is -0.118. The zero-order chi connectivity index (χ0) is 15.6. The second-order valence-corrected chi connectivity index (χ2v) is 6.14. The Hall–Kier alpha value is -1.19. The second-order valence-electron chi connectivity index (χ2n) is 5.37. The van der Waals surface area contributed by atoms with E-state index in [-0.39, 0.29) is 16.5 Å². The molecule has 5 heteroatoms. The number of nitrogens with zero attached hydrogens (tertiary/aromatic N) is 2. The Labute approximate surface area is 134 Å². The molecule has 0 aliphatic heterocycles. The van der Waals surface area contributed by atoms with E-state index in [1.807, 2.05) is 12.1 Å². The van der Waals surface area contributed by atoms with Crippen LogP contribution in [-0.4, -0.2) is 15.8 Å². The van der Waals surface area contributed by atoms with Crippen molar-refractivity contribution in [2.75, 3.05) is 0 Å². The van der Waals surface area contributed by atoms with Crippen molar-refractivity contribution < 1.29 is 4.79 Å². The van der Waals surface area contributed by atoms with Gasteiger partial charge in [-0.05, 0) is 49.6 Å². The van der Waals surface area contributed by atoms with Crippen LogP contribution in [-0.2, 0) is 10.2 Å². The quantitative estimate of drug-likeness (QED) is 0.729. The highest BCUT2D eigenvalue weighted by atomic mass is 35.5. The van der Waals surface area contributed by atoms with Crippen LogP contribution < -0.4 is 0 Å². The molecule has 0 spiro atoms. The smallest absolute Gasteiger partial charge is 0.223 e. The van der Waals surface area contributed by atoms with Crippen LogP contribution in [0.25, 0.3) is 10.9 Å². The lowest BCUT2D eigenvalue weighted by Gasteiger charge is -2.31. The van der Waals surface area contributed by atoms with Crippen LogP contribution in [0.3, 0.4) is 0 Å². The van der Waals surface area contributed by atoms with Gasteiger partial charge in [-0.1, -0.05) is 25.4 Å². The summed E-state index contributed by atoms with van der Waals surface area (Å²) in [6.45, 7) is 5.75. The van der Waals surface area contributed by atoms with Crippen molar-refractivity contribution in [3.8, 4) is 0 Å². The SMILES string of the molecule is CCC(CC)(CC(C)=O)c1nc(Cl)nc2ccc(Cl)cc12. The summed E-state index contributed by atoms with van der Waals surface area (Å²) in [5.41, 5.74) is 1.24. The van der Waals surface area contributed by atoms with Gasteiger partial charge in [0.1, 0.15) is 5.78 Å². The van der Waals surface area contributed by atoms with Gasteiger partial charge >= 0.3 is 0 Å². The number of fused-ring (bicyclic) bond motifs is 1. The maximum Gasteiger partial charge on any atom is 0.223 e. The van der Waals surface area contributed by atoms with E-state index in [9.17, 15) is 4.79 Å². The van der Waals surface area contributed by atoms with Crippen LogP contribution in [0.15, 0.2) is 18.2 Å². The summed E-state index contributed by atoms with van der Waals surface area (Å²) >= 11 is 12.2. The largest absolute Gasteiger partial charge is 0.300 e. The number of hydrogen-bond acceptors (Lipinski definition) is 3. The molecule has 0 bridgehead atoms. The first kappa shape index (κ1) is 16.2. The number of Topliss-reactive ketones (excluding diaryl/α,β-unsaturated/α-hetero) is 1. The molecule has 0 fully saturated rings. The average molecular weight is 325 g/mol. The number of ketones is 1. The van der Waals surface area contributed by atoms with Gasteiger partial charge in [-0.15, -0.1) is 0 Å². The molecule has 0 aliphatic carbocycles. The number of hydrogen-bond donors (Lipinski definition) is 0. The normalized spacial score (nSPS) is 11.9. The Kier molecular flexibility index (Phi) is 4.84. The summed E-state index contributed by atoms with van der Waals surface area (Å²) in [5, 5.41) is 1.70. The lowest BCUT2D eigenvalue weighted by Crippen LogP contribution is -2.29. The van der Waals surface area contributed by atoms with E-state index in [2.05, 4.69) is 23.8 Å². The molecule has 3 nitrogen and oxygen atoms in total. The van der Waals surface area contributed by atoms with E-state index >= 15 is 0 Å². The monoisotopic (exact) mass is 324 g/mol. The number of aromatic nitrogens is 2. The summed E-state index contributed by atoms with van der Waals surface area (Å²) in [4.78, 5) is 20.4. The minimum absolute atomic E-state index is 0.142. The van der Waals surface area contributed by atoms with Crippen LogP contribution in [0.2, 0.25) is 10.3 Å². The van der Waals surface area contributed by atoms with E-state index in [4.69, 9.17) is 23.2 Å². The van der Waals surface area contributed by atoms with E-state index < -0.39 is 0 Å². The summed E-state index contributed by atoms with van der Waals surface area (Å²) in [5.74, 6) is 0.142. The molecule has 21 heavy (non-hydrogen) atoms. The van der Waals surface area contributed by atoms with Gasteiger partial charge in [-0.2, -0.15) is 0 Å². The molecule has 0 radical (unpaired) electrons. The third-order valence-corrected chi connectivity index (χ3v) is 4.48. The van der Waals surface area contributed by atoms with Gasteiger partial charge in [0, 0.05) is 22.2 Å². The van der Waals surface area contributed by atoms with E-state index in [1.54, 1.807) is 13.0 Å². The molecular weight excluding hydrogens is 307 g/mol. The Balaban J connectivity index is 2.77. The summed E-state index contributed by atoms with van der Waals surface area (Å²) < 4.78 is 0. The molecule has 2 rings (SSSR count). The number of carbonyl (C=O) groups excluding carboxylic acids is 1. The maximum atomic E-state index is 11.7. The van der Waals surface area contributed by atoms with Crippen molar-refractivity contribution in [3.05, 3.63) is 34.2 Å². The Morgan fingerprint density at radius 2 is 1.86 bits per heavy atom. The molecule has 1 aromatic heterocycles. The molecule has 1 heterocycles. The predicted octanol–water partition coefficient (Wildman–Crippen LogP) is 4.97. The van der Waals surface area contributed by atoms with Crippen molar-refractivity contribution >= 4 is 39.9 Å². The zero-order valence-corrected chi connectivity index (χ0v) is 13.9. The van der Waals surface area contributed by atoms with Crippen LogP contribution in [0.5, 0.6) is 0 Å². The predicted molar refractivity (Wildman–Crippen MR) is 87.1 cm³/mol. The third-order valence-electron chi connectivity index (χ3n) is 4.07. The molecule has 0 saturated heterocycles. The minimum atomic E-state index is -0.332. The molecule has 2 aromatic rings. The van der Waals surface area contributed by atoms with E-state index in [0.29, 0.717) is 11.4 Å². The number of rotatable bonds is 5. The molecule has 0 amide bonds. The first-order valence-electron chi connectivity index (χ1n) is 7.04. The lowest BCUT2D eigenvalue weighted by atomic mass is 9.74. The van der Waals surface area contributed by atoms with Gasteiger partial charge in [-0.3, -0.25) is 4.79 Å². The van der Waals surface area contributed by atoms with Gasteiger partial charge in [0.15, 0.2) is 0 Å². The van der Waals surface area contributed by atoms with E-state index in [0.717, 1.165) is 29.4 Å². The topological polar surface area (TPSA) is 42.9 Å². The molecule has 0 saturated carbocycles. The highest BCUT2D eigenvalue weighted by Crippen LogP contribution is 2.39. The Morgan fingerprint density at radius 3 is 2.43 bits per heavy atom. The maximum absolute atomic E-state index is 11.7. The highest BCUT2D eigenvalue weighted by molar-refractivity contribution is 6.31. The fourth-order valence-electron chi connectivity index (χ4n) is 2.87. The summed E-state index contributed by atoms with van der Waals surface area (Å²) in [6, 6.07) is 5.46. The van der Waals surface area contributed by atoms with Crippen molar-refractivity contribution in [3.63, 3.8) is 0 Å². The van der Waals surface area contributed by atoms with Crippen molar-refractivity contribution in [2.45, 2.75) is 45.4 Å². The molecule has 0 unspecified atom stereocenters. The van der Waals surface area contributed by atoms with Crippen molar-refractivity contribution in [2.24, 2.45) is 0 Å². The summed E-state index contributed by atoms with van der Waals surface area (Å²) in [6.07, 6.45) is 2.05. The van der Waals surface area contributed by atoms with Crippen LogP contribution >= 0.6 is 23.2 Å². The summed E-state index contributed by atoms with van der Waals surface area (Å²) in [7, 11) is 0. The molecule has 112 valence electrons. The molecule has 1 aromatic carbocycles. The van der Waals surface area contributed by atoms with Gasteiger partial charge in [0.2, 0.25) is 5.28 Å². The van der Waals surface area contributed by atoms with Crippen molar-refractivity contribution in [1.82, 2.24) is 9.97 Å². The second kappa shape index (κ2) is 6.29. The highest BCUT2D eigenvalue weighted by Gasteiger charge is 2.33. The third kappa shape index (κ3) is 3.19.